The molecule has 0 radical (unpaired) electrons. The first-order valence-electron chi connectivity index (χ1n) is 10.2. The molecule has 1 aliphatic rings. The van der Waals surface area contributed by atoms with Crippen molar-refractivity contribution in [2.24, 2.45) is 16.5 Å². The summed E-state index contributed by atoms with van der Waals surface area (Å²) in [5.74, 6) is -2.48. The van der Waals surface area contributed by atoms with Crippen molar-refractivity contribution in [2.75, 3.05) is 19.6 Å². The predicted molar refractivity (Wildman–Crippen MR) is 127 cm³/mol. The molecule has 8 nitrogen and oxygen atoms in total. The van der Waals surface area contributed by atoms with Crippen LogP contribution in [0.4, 0.5) is 14.6 Å². The molecule has 0 saturated heterocycles. The zero-order valence-electron chi connectivity index (χ0n) is 18.1. The van der Waals surface area contributed by atoms with Crippen molar-refractivity contribution in [2.45, 2.75) is 25.7 Å². The van der Waals surface area contributed by atoms with Crippen molar-refractivity contribution in [3.63, 3.8) is 0 Å². The summed E-state index contributed by atoms with van der Waals surface area (Å²) in [7, 11) is 0. The fraction of sp³-hybridized carbons (Fsp3) is 0.318. The van der Waals surface area contributed by atoms with Gasteiger partial charge in [-0.05, 0) is 30.2 Å². The zero-order chi connectivity index (χ0) is 24.2. The normalized spacial score (nSPS) is 14.8. The second kappa shape index (κ2) is 10.1. The number of nitrogens with two attached hydrogens (primary N) is 2. The average Bonchev–Trinajstić information content (AvgIpc) is 2.78. The number of hydrogen-bond donors (Lipinski definition) is 4. The smallest absolute Gasteiger partial charge is 0.272 e. The predicted octanol–water partition coefficient (Wildman–Crippen LogP) is 3.71. The lowest BCUT2D eigenvalue weighted by molar-refractivity contribution is 0.0171. The number of rotatable bonds is 7. The molecule has 0 aromatic carbocycles. The fourth-order valence-electron chi connectivity index (χ4n) is 3.22. The molecule has 0 fully saturated rings. The Morgan fingerprint density at radius 2 is 2.03 bits per heavy atom. The summed E-state index contributed by atoms with van der Waals surface area (Å²) >= 11 is 6.43. The minimum atomic E-state index is -2.96. The Bertz CT molecular complexity index is 1110. The number of pyridine rings is 2. The molecule has 3 heterocycles. The molecule has 11 heteroatoms. The molecular weight excluding hydrogens is 450 g/mol. The molecular formula is C22H25ClF2N8. The number of aliphatic imine (C=N–C) groups is 1. The van der Waals surface area contributed by atoms with Gasteiger partial charge in [-0.2, -0.15) is 4.99 Å². The van der Waals surface area contributed by atoms with Gasteiger partial charge in [-0.15, -0.1) is 0 Å². The van der Waals surface area contributed by atoms with E-state index in [2.05, 4.69) is 15.0 Å². The van der Waals surface area contributed by atoms with E-state index in [0.29, 0.717) is 35.8 Å². The second-order valence-electron chi connectivity index (χ2n) is 7.71. The monoisotopic (exact) mass is 474 g/mol. The second-order valence-corrected chi connectivity index (χ2v) is 8.11. The van der Waals surface area contributed by atoms with E-state index < -0.39 is 5.92 Å². The van der Waals surface area contributed by atoms with Crippen LogP contribution in [-0.2, 0) is 5.92 Å². The molecule has 0 atom stereocenters. The highest BCUT2D eigenvalue weighted by Crippen LogP contribution is 2.29. The number of guanidine groups is 1. The van der Waals surface area contributed by atoms with E-state index in [-0.39, 0.29) is 41.7 Å². The summed E-state index contributed by atoms with van der Waals surface area (Å²) in [6.07, 6.45) is 5.39. The van der Waals surface area contributed by atoms with E-state index in [0.717, 1.165) is 18.7 Å². The van der Waals surface area contributed by atoms with Gasteiger partial charge in [0.05, 0.1) is 10.7 Å². The van der Waals surface area contributed by atoms with Crippen LogP contribution in [0.15, 0.2) is 41.7 Å². The van der Waals surface area contributed by atoms with Crippen molar-refractivity contribution in [1.29, 1.82) is 10.8 Å². The molecule has 0 amide bonds. The molecule has 0 bridgehead atoms. The van der Waals surface area contributed by atoms with Crippen molar-refractivity contribution < 1.29 is 8.78 Å². The zero-order valence-corrected chi connectivity index (χ0v) is 18.8. The van der Waals surface area contributed by atoms with Crippen LogP contribution in [0, 0.1) is 10.8 Å². The van der Waals surface area contributed by atoms with E-state index in [9.17, 15) is 8.78 Å². The van der Waals surface area contributed by atoms with Crippen molar-refractivity contribution in [3.8, 4) is 0 Å². The summed E-state index contributed by atoms with van der Waals surface area (Å²) in [5.41, 5.74) is 14.0. The maximum absolute atomic E-state index is 13.3. The number of halogens is 3. The number of hydrogen-bond acceptors (Lipinski definition) is 6. The van der Waals surface area contributed by atoms with Gasteiger partial charge < -0.3 is 27.2 Å². The Morgan fingerprint density at radius 3 is 2.58 bits per heavy atom. The van der Waals surface area contributed by atoms with E-state index in [1.165, 1.54) is 12.1 Å². The van der Waals surface area contributed by atoms with Gasteiger partial charge in [0, 0.05) is 67.9 Å². The van der Waals surface area contributed by atoms with Crippen LogP contribution >= 0.6 is 11.6 Å². The van der Waals surface area contributed by atoms with Gasteiger partial charge in [0.25, 0.3) is 5.92 Å². The molecule has 0 saturated carbocycles. The van der Waals surface area contributed by atoms with Gasteiger partial charge in [-0.1, -0.05) is 17.7 Å². The molecule has 33 heavy (non-hydrogen) atoms. The van der Waals surface area contributed by atoms with Crippen LogP contribution in [-0.4, -0.2) is 51.9 Å². The summed E-state index contributed by atoms with van der Waals surface area (Å²) in [6.45, 7) is 1.95. The summed E-state index contributed by atoms with van der Waals surface area (Å²) < 4.78 is 26.6. The van der Waals surface area contributed by atoms with Crippen LogP contribution < -0.4 is 11.5 Å². The highest BCUT2D eigenvalue weighted by molar-refractivity contribution is 6.32. The van der Waals surface area contributed by atoms with Crippen molar-refractivity contribution >= 4 is 40.4 Å². The van der Waals surface area contributed by atoms with Crippen LogP contribution in [0.1, 0.15) is 36.6 Å². The van der Waals surface area contributed by atoms with Crippen molar-refractivity contribution in [1.82, 2.24) is 14.9 Å². The number of aromatic nitrogens is 2. The SMILES string of the molecule is CC(F)(F)c1ccc(N=C(N)N2CC=C(c3ncc(C(=N)CC(=N)CN)cc3Cl)CC2)nc1. The number of alkyl halides is 2. The van der Waals surface area contributed by atoms with Crippen LogP contribution in [0.25, 0.3) is 5.57 Å². The van der Waals surface area contributed by atoms with Crippen LogP contribution in [0.5, 0.6) is 0 Å². The lowest BCUT2D eigenvalue weighted by Crippen LogP contribution is -2.39. The van der Waals surface area contributed by atoms with Gasteiger partial charge in [0.1, 0.15) is 0 Å². The minimum absolute atomic E-state index is 0.105. The van der Waals surface area contributed by atoms with E-state index in [1.807, 2.05) is 11.0 Å². The Hall–Kier alpha value is -3.24. The summed E-state index contributed by atoms with van der Waals surface area (Å²) in [5, 5.41) is 16.2. The molecule has 0 spiro atoms. The van der Waals surface area contributed by atoms with E-state index >= 15 is 0 Å². The Kier molecular flexibility index (Phi) is 7.50. The maximum atomic E-state index is 13.3. The minimum Gasteiger partial charge on any atom is -0.369 e. The Morgan fingerprint density at radius 1 is 1.27 bits per heavy atom. The van der Waals surface area contributed by atoms with Gasteiger partial charge in [-0.3, -0.25) is 4.98 Å². The average molecular weight is 475 g/mol. The summed E-state index contributed by atoms with van der Waals surface area (Å²) in [4.78, 5) is 14.4. The van der Waals surface area contributed by atoms with Gasteiger partial charge >= 0.3 is 0 Å². The van der Waals surface area contributed by atoms with Gasteiger partial charge in [-0.25, -0.2) is 13.8 Å². The molecule has 2 aromatic rings. The third-order valence-electron chi connectivity index (χ3n) is 5.15. The number of nitrogens with one attached hydrogen (secondary N) is 2. The van der Waals surface area contributed by atoms with Crippen LogP contribution in [0.3, 0.4) is 0 Å². The maximum Gasteiger partial charge on any atom is 0.272 e. The fourth-order valence-corrected chi connectivity index (χ4v) is 3.51. The van der Waals surface area contributed by atoms with Crippen molar-refractivity contribution in [3.05, 3.63) is 58.5 Å². The highest BCUT2D eigenvalue weighted by Gasteiger charge is 2.24. The number of nitrogens with zero attached hydrogens (tertiary/aromatic N) is 4. The largest absolute Gasteiger partial charge is 0.369 e. The van der Waals surface area contributed by atoms with Gasteiger partial charge in [0.15, 0.2) is 11.8 Å². The molecule has 174 valence electrons. The molecule has 6 N–H and O–H groups in total. The highest BCUT2D eigenvalue weighted by atomic mass is 35.5. The molecule has 2 aromatic heterocycles. The topological polar surface area (TPSA) is 141 Å². The third kappa shape index (κ3) is 6.17. The molecule has 3 rings (SSSR count). The first kappa shape index (κ1) is 24.4. The molecule has 0 unspecified atom stereocenters. The molecule has 0 aliphatic carbocycles. The third-order valence-corrected chi connectivity index (χ3v) is 5.44. The Balaban J connectivity index is 1.68. The quantitative estimate of drug-likeness (QED) is 0.357. The first-order chi connectivity index (χ1) is 15.6. The van der Waals surface area contributed by atoms with Crippen LogP contribution in [0.2, 0.25) is 5.02 Å². The summed E-state index contributed by atoms with van der Waals surface area (Å²) in [6, 6.07) is 4.36. The lowest BCUT2D eigenvalue weighted by Gasteiger charge is -2.27. The standard InChI is InChI=1S/C22H25ClF2N8/c1-22(24,25)15-2-3-19(30-12-15)32-21(29)33-6-4-13(5-7-33)20-17(23)8-14(11-31-20)18(28)9-16(27)10-26/h2-4,8,11-12,27-28H,5-7,9-10,26H2,1H3,(H2,29,30,32). The van der Waals surface area contributed by atoms with Gasteiger partial charge in [0.2, 0.25) is 0 Å². The lowest BCUT2D eigenvalue weighted by atomic mass is 10.0. The van der Waals surface area contributed by atoms with E-state index in [1.54, 1.807) is 12.3 Å². The Labute approximate surface area is 195 Å². The molecule has 1 aliphatic heterocycles. The van der Waals surface area contributed by atoms with E-state index in [4.69, 9.17) is 33.9 Å². The first-order valence-corrected chi connectivity index (χ1v) is 10.6.